The molecular formula is C10H17N3O2S. The van der Waals surface area contributed by atoms with Gasteiger partial charge in [-0.05, 0) is 45.3 Å². The average molecular weight is 243 g/mol. The number of rotatable bonds is 2. The average Bonchev–Trinajstić information content (AvgIpc) is 2.48. The zero-order chi connectivity index (χ0) is 12.3. The van der Waals surface area contributed by atoms with Crippen LogP contribution in [0, 0.1) is 0 Å². The highest BCUT2D eigenvalue weighted by atomic mass is 32.1. The van der Waals surface area contributed by atoms with E-state index in [-0.39, 0.29) is 6.04 Å². The maximum absolute atomic E-state index is 11.4. The Morgan fingerprint density at radius 2 is 2.25 bits per heavy atom. The van der Waals surface area contributed by atoms with Crippen LogP contribution in [0.25, 0.3) is 0 Å². The second-order valence-corrected chi connectivity index (χ2v) is 5.34. The van der Waals surface area contributed by atoms with Crippen molar-refractivity contribution in [3.8, 4) is 0 Å². The number of aromatic nitrogens is 1. The second-order valence-electron chi connectivity index (χ2n) is 4.53. The molecule has 1 atom stereocenters. The Hall–Kier alpha value is -1.14. The summed E-state index contributed by atoms with van der Waals surface area (Å²) in [5.74, 6) is 0. The van der Waals surface area contributed by atoms with Crippen LogP contribution in [0.3, 0.4) is 0 Å². The summed E-state index contributed by atoms with van der Waals surface area (Å²) in [6, 6.07) is 1.62. The molecule has 0 aliphatic rings. The fourth-order valence-electron chi connectivity index (χ4n) is 0.967. The highest BCUT2D eigenvalue weighted by Gasteiger charge is 2.17. The number of ether oxygens (including phenoxy) is 1. The number of anilines is 1. The molecule has 1 aromatic heterocycles. The first-order valence-electron chi connectivity index (χ1n) is 5.00. The third kappa shape index (κ3) is 4.16. The van der Waals surface area contributed by atoms with Crippen LogP contribution in [0.2, 0.25) is 0 Å². The molecule has 1 amide bonds. The molecule has 3 N–H and O–H groups in total. The van der Waals surface area contributed by atoms with Crippen LogP contribution in [0.15, 0.2) is 6.07 Å². The number of amides is 1. The number of carbonyl (C=O) groups is 1. The number of nitrogens with two attached hydrogens (primary N) is 1. The van der Waals surface area contributed by atoms with E-state index in [1.165, 1.54) is 11.5 Å². The molecule has 90 valence electrons. The third-order valence-corrected chi connectivity index (χ3v) is 2.34. The molecule has 0 spiro atoms. The lowest BCUT2D eigenvalue weighted by atomic mass is 10.2. The molecule has 5 nitrogen and oxygen atoms in total. The van der Waals surface area contributed by atoms with Gasteiger partial charge in [-0.15, -0.1) is 0 Å². The molecular weight excluding hydrogens is 226 g/mol. The van der Waals surface area contributed by atoms with E-state index in [0.717, 1.165) is 5.69 Å². The summed E-state index contributed by atoms with van der Waals surface area (Å²) in [5, 5.41) is 3.25. The Morgan fingerprint density at radius 3 is 2.69 bits per heavy atom. The van der Waals surface area contributed by atoms with Crippen molar-refractivity contribution in [3.05, 3.63) is 11.8 Å². The summed E-state index contributed by atoms with van der Waals surface area (Å²) in [4.78, 5) is 11.4. The minimum Gasteiger partial charge on any atom is -0.444 e. The Kier molecular flexibility index (Phi) is 3.88. The first kappa shape index (κ1) is 12.9. The highest BCUT2D eigenvalue weighted by molar-refractivity contribution is 7.10. The summed E-state index contributed by atoms with van der Waals surface area (Å²) >= 11 is 1.19. The Morgan fingerprint density at radius 1 is 1.62 bits per heavy atom. The Bertz CT molecular complexity index is 368. The maximum atomic E-state index is 11.4. The molecule has 16 heavy (non-hydrogen) atoms. The van der Waals surface area contributed by atoms with Gasteiger partial charge < -0.3 is 10.5 Å². The van der Waals surface area contributed by atoms with Crippen LogP contribution in [0.4, 0.5) is 9.80 Å². The van der Waals surface area contributed by atoms with Crippen molar-refractivity contribution >= 4 is 22.6 Å². The lowest BCUT2D eigenvalue weighted by molar-refractivity contribution is 0.0636. The van der Waals surface area contributed by atoms with Crippen molar-refractivity contribution in [2.45, 2.75) is 39.3 Å². The lowest BCUT2D eigenvalue weighted by Gasteiger charge is -2.19. The van der Waals surface area contributed by atoms with Gasteiger partial charge in [0.2, 0.25) is 0 Å². The molecule has 0 fully saturated rings. The van der Waals surface area contributed by atoms with Gasteiger partial charge in [-0.2, -0.15) is 4.37 Å². The molecule has 0 bridgehead atoms. The van der Waals surface area contributed by atoms with Gasteiger partial charge in [0.1, 0.15) is 10.6 Å². The standard InChI is InChI=1S/C10H17N3O2S/c1-6(11)7-5-8(16-13-7)12-9(14)15-10(2,3)4/h5-6H,11H2,1-4H3,(H,12,14). The van der Waals surface area contributed by atoms with Gasteiger partial charge in [-0.3, -0.25) is 5.32 Å². The van der Waals surface area contributed by atoms with Crippen molar-refractivity contribution in [1.82, 2.24) is 4.37 Å². The summed E-state index contributed by atoms with van der Waals surface area (Å²) < 4.78 is 9.22. The molecule has 1 unspecified atom stereocenters. The number of hydrogen-bond donors (Lipinski definition) is 2. The molecule has 0 aliphatic carbocycles. The van der Waals surface area contributed by atoms with E-state index in [1.807, 2.05) is 27.7 Å². The summed E-state index contributed by atoms with van der Waals surface area (Å²) in [6.07, 6.45) is -0.479. The molecule has 1 rings (SSSR count). The fraction of sp³-hybridized carbons (Fsp3) is 0.600. The molecule has 0 aromatic carbocycles. The van der Waals surface area contributed by atoms with Gasteiger partial charge in [0, 0.05) is 6.04 Å². The maximum Gasteiger partial charge on any atom is 0.412 e. The first-order chi connectivity index (χ1) is 7.28. The number of nitrogens with one attached hydrogen (secondary N) is 1. The van der Waals surface area contributed by atoms with Crippen LogP contribution in [-0.4, -0.2) is 16.1 Å². The topological polar surface area (TPSA) is 77.2 Å². The molecule has 6 heteroatoms. The van der Waals surface area contributed by atoms with Crippen molar-refractivity contribution in [2.75, 3.05) is 5.32 Å². The largest absolute Gasteiger partial charge is 0.444 e. The van der Waals surface area contributed by atoms with Crippen LogP contribution >= 0.6 is 11.5 Å². The molecule has 1 heterocycles. The van der Waals surface area contributed by atoms with Crippen LogP contribution in [0.1, 0.15) is 39.4 Å². The minimum absolute atomic E-state index is 0.134. The third-order valence-electron chi connectivity index (χ3n) is 1.62. The normalized spacial score (nSPS) is 13.3. The summed E-state index contributed by atoms with van der Waals surface area (Å²) in [6.45, 7) is 7.28. The molecule has 0 radical (unpaired) electrons. The van der Waals surface area contributed by atoms with Crippen molar-refractivity contribution < 1.29 is 9.53 Å². The fourth-order valence-corrected chi connectivity index (χ4v) is 1.69. The van der Waals surface area contributed by atoms with Gasteiger partial charge in [0.05, 0.1) is 5.69 Å². The van der Waals surface area contributed by atoms with Gasteiger partial charge in [0.25, 0.3) is 0 Å². The van der Waals surface area contributed by atoms with E-state index >= 15 is 0 Å². The van der Waals surface area contributed by atoms with Crippen molar-refractivity contribution in [3.63, 3.8) is 0 Å². The summed E-state index contributed by atoms with van der Waals surface area (Å²) in [7, 11) is 0. The highest BCUT2D eigenvalue weighted by Crippen LogP contribution is 2.20. The smallest absolute Gasteiger partial charge is 0.412 e. The predicted molar refractivity (Wildman–Crippen MR) is 64.6 cm³/mol. The van der Waals surface area contributed by atoms with Crippen molar-refractivity contribution in [2.24, 2.45) is 5.73 Å². The van der Waals surface area contributed by atoms with Crippen LogP contribution in [-0.2, 0) is 4.74 Å². The molecule has 0 aliphatic heterocycles. The van der Waals surface area contributed by atoms with E-state index in [0.29, 0.717) is 5.00 Å². The SMILES string of the molecule is CC(N)c1cc(NC(=O)OC(C)(C)C)sn1. The van der Waals surface area contributed by atoms with Crippen molar-refractivity contribution in [1.29, 1.82) is 0 Å². The minimum atomic E-state index is -0.501. The second kappa shape index (κ2) is 4.80. The Balaban J connectivity index is 2.57. The number of carbonyl (C=O) groups excluding carboxylic acids is 1. The van der Waals surface area contributed by atoms with E-state index in [2.05, 4.69) is 9.69 Å². The number of nitrogens with zero attached hydrogens (tertiary/aromatic N) is 1. The molecule has 0 saturated carbocycles. The van der Waals surface area contributed by atoms with Gasteiger partial charge in [-0.1, -0.05) is 0 Å². The first-order valence-corrected chi connectivity index (χ1v) is 5.77. The van der Waals surface area contributed by atoms with E-state index in [9.17, 15) is 4.79 Å². The predicted octanol–water partition coefficient (Wildman–Crippen LogP) is 2.51. The number of hydrogen-bond acceptors (Lipinski definition) is 5. The monoisotopic (exact) mass is 243 g/mol. The lowest BCUT2D eigenvalue weighted by Crippen LogP contribution is -2.26. The zero-order valence-electron chi connectivity index (χ0n) is 9.90. The van der Waals surface area contributed by atoms with E-state index < -0.39 is 11.7 Å². The zero-order valence-corrected chi connectivity index (χ0v) is 10.7. The van der Waals surface area contributed by atoms with Gasteiger partial charge >= 0.3 is 6.09 Å². The van der Waals surface area contributed by atoms with Crippen LogP contribution in [0.5, 0.6) is 0 Å². The molecule has 1 aromatic rings. The molecule has 0 saturated heterocycles. The van der Waals surface area contributed by atoms with Gasteiger partial charge in [0.15, 0.2) is 0 Å². The van der Waals surface area contributed by atoms with E-state index in [1.54, 1.807) is 6.07 Å². The summed E-state index contributed by atoms with van der Waals surface area (Å²) in [5.41, 5.74) is 5.92. The quantitative estimate of drug-likeness (QED) is 0.836. The van der Waals surface area contributed by atoms with E-state index in [4.69, 9.17) is 10.5 Å². The van der Waals surface area contributed by atoms with Crippen LogP contribution < -0.4 is 11.1 Å². The van der Waals surface area contributed by atoms with Gasteiger partial charge in [-0.25, -0.2) is 4.79 Å². The Labute approximate surface area is 99.2 Å².